The molecule has 10 heteroatoms. The van der Waals surface area contributed by atoms with E-state index in [9.17, 15) is 9.59 Å². The number of rotatable bonds is 9. The lowest BCUT2D eigenvalue weighted by Gasteiger charge is -2.51. The van der Waals surface area contributed by atoms with E-state index in [4.69, 9.17) is 42.1 Å². The highest BCUT2D eigenvalue weighted by molar-refractivity contribution is 6.33. The van der Waals surface area contributed by atoms with Crippen molar-refractivity contribution in [2.45, 2.75) is 31.7 Å². The Kier molecular flexibility index (Phi) is 8.18. The van der Waals surface area contributed by atoms with Crippen LogP contribution in [-0.2, 0) is 15.1 Å². The zero-order chi connectivity index (χ0) is 28.5. The first kappa shape index (κ1) is 28.4. The maximum atomic E-state index is 14.3. The minimum Gasteiger partial charge on any atom is -0.495 e. The van der Waals surface area contributed by atoms with E-state index in [2.05, 4.69) is 19.2 Å². The Morgan fingerprint density at radius 2 is 1.38 bits per heavy atom. The van der Waals surface area contributed by atoms with Crippen LogP contribution in [0.15, 0.2) is 48.5 Å². The molecule has 2 amide bonds. The first-order valence-corrected chi connectivity index (χ1v) is 12.9. The van der Waals surface area contributed by atoms with Gasteiger partial charge in [-0.05, 0) is 29.2 Å². The van der Waals surface area contributed by atoms with Gasteiger partial charge in [0.25, 0.3) is 5.91 Å². The van der Waals surface area contributed by atoms with Crippen LogP contribution >= 0.6 is 23.2 Å². The third-order valence-corrected chi connectivity index (χ3v) is 7.48. The number of benzene rings is 3. The predicted octanol–water partition coefficient (Wildman–Crippen LogP) is 6.42. The molecule has 1 aliphatic heterocycles. The highest BCUT2D eigenvalue weighted by atomic mass is 35.5. The molecule has 0 spiro atoms. The van der Waals surface area contributed by atoms with Crippen molar-refractivity contribution in [3.63, 3.8) is 0 Å². The molecule has 1 N–H and O–H groups in total. The molecule has 1 heterocycles. The lowest BCUT2D eigenvalue weighted by atomic mass is 9.75. The smallest absolute Gasteiger partial charge is 0.256 e. The Morgan fingerprint density at radius 1 is 0.846 bits per heavy atom. The molecule has 4 rings (SSSR count). The summed E-state index contributed by atoms with van der Waals surface area (Å²) in [6, 6.07) is 13.9. The zero-order valence-corrected chi connectivity index (χ0v) is 24.1. The number of anilines is 2. The number of halogens is 2. The number of carbonyl (C=O) groups is 2. The van der Waals surface area contributed by atoms with Gasteiger partial charge in [-0.25, -0.2) is 0 Å². The lowest BCUT2D eigenvalue weighted by molar-refractivity contribution is -0.137. The predicted molar refractivity (Wildman–Crippen MR) is 152 cm³/mol. The van der Waals surface area contributed by atoms with E-state index in [-0.39, 0.29) is 28.3 Å². The van der Waals surface area contributed by atoms with Gasteiger partial charge in [0.05, 0.1) is 56.3 Å². The van der Waals surface area contributed by atoms with Crippen LogP contribution in [-0.4, -0.2) is 40.3 Å². The average molecular weight is 573 g/mol. The van der Waals surface area contributed by atoms with Crippen LogP contribution in [0.4, 0.5) is 11.4 Å². The third-order valence-electron chi connectivity index (χ3n) is 6.89. The van der Waals surface area contributed by atoms with Gasteiger partial charge in [-0.15, -0.1) is 0 Å². The minimum absolute atomic E-state index is 0.0845. The average Bonchev–Trinajstić information content (AvgIpc) is 2.91. The number of nitrogens with one attached hydrogen (secondary N) is 1. The number of β-lactam (4-membered cyclic amide) rings is 1. The molecule has 0 aliphatic carbocycles. The number of hydrogen-bond donors (Lipinski definition) is 1. The Morgan fingerprint density at radius 3 is 1.90 bits per heavy atom. The summed E-state index contributed by atoms with van der Waals surface area (Å²) in [5.41, 5.74) is 0.958. The molecule has 3 aromatic carbocycles. The van der Waals surface area contributed by atoms with Crippen LogP contribution in [0.1, 0.15) is 37.3 Å². The molecule has 0 radical (unpaired) electrons. The Hall–Kier alpha value is -3.62. The van der Waals surface area contributed by atoms with Crippen LogP contribution < -0.4 is 29.2 Å². The van der Waals surface area contributed by atoms with Gasteiger partial charge in [-0.1, -0.05) is 61.3 Å². The lowest BCUT2D eigenvalue weighted by Crippen LogP contribution is -2.67. The Bertz CT molecular complexity index is 1410. The van der Waals surface area contributed by atoms with E-state index < -0.39 is 11.4 Å². The Balaban J connectivity index is 1.88. The van der Waals surface area contributed by atoms with Crippen LogP contribution in [0, 0.1) is 0 Å². The number of nitrogens with zero attached hydrogens (tertiary/aromatic N) is 1. The molecular weight excluding hydrogens is 543 g/mol. The summed E-state index contributed by atoms with van der Waals surface area (Å²) in [6.45, 7) is 4.17. The summed E-state index contributed by atoms with van der Waals surface area (Å²) in [7, 11) is 5.92. The van der Waals surface area contributed by atoms with Crippen molar-refractivity contribution >= 4 is 46.4 Å². The van der Waals surface area contributed by atoms with Gasteiger partial charge in [0.1, 0.15) is 23.0 Å². The molecule has 1 unspecified atom stereocenters. The topological polar surface area (TPSA) is 86.3 Å². The molecular formula is C29H30Cl2N2O6. The second-order valence-electron chi connectivity index (χ2n) is 9.34. The first-order chi connectivity index (χ1) is 18.6. The molecule has 0 bridgehead atoms. The summed E-state index contributed by atoms with van der Waals surface area (Å²) in [5.74, 6) is 0.977. The summed E-state index contributed by atoms with van der Waals surface area (Å²) in [5, 5.41) is 3.48. The van der Waals surface area contributed by atoms with E-state index in [1.165, 1.54) is 33.3 Å². The number of methoxy groups -OCH3 is 4. The maximum Gasteiger partial charge on any atom is 0.256 e. The maximum absolute atomic E-state index is 14.3. The van der Waals surface area contributed by atoms with Crippen LogP contribution in [0.25, 0.3) is 0 Å². The number of amides is 2. The van der Waals surface area contributed by atoms with Gasteiger partial charge in [0.15, 0.2) is 5.54 Å². The summed E-state index contributed by atoms with van der Waals surface area (Å²) in [6.07, 6.45) is -0.0845. The van der Waals surface area contributed by atoms with Crippen molar-refractivity contribution in [1.29, 1.82) is 0 Å². The van der Waals surface area contributed by atoms with Gasteiger partial charge in [0.2, 0.25) is 5.91 Å². The largest absolute Gasteiger partial charge is 0.495 e. The molecule has 3 aromatic rings. The van der Waals surface area contributed by atoms with Gasteiger partial charge in [-0.3, -0.25) is 14.5 Å². The molecule has 39 heavy (non-hydrogen) atoms. The molecule has 0 saturated carbocycles. The zero-order valence-electron chi connectivity index (χ0n) is 22.6. The molecule has 1 saturated heterocycles. The van der Waals surface area contributed by atoms with Gasteiger partial charge in [-0.2, -0.15) is 0 Å². The van der Waals surface area contributed by atoms with E-state index in [1.54, 1.807) is 24.3 Å². The summed E-state index contributed by atoms with van der Waals surface area (Å²) < 4.78 is 21.7. The van der Waals surface area contributed by atoms with Gasteiger partial charge >= 0.3 is 0 Å². The quantitative estimate of drug-likeness (QED) is 0.298. The highest BCUT2D eigenvalue weighted by Crippen LogP contribution is 2.51. The van der Waals surface area contributed by atoms with E-state index >= 15 is 0 Å². The first-order valence-electron chi connectivity index (χ1n) is 12.2. The van der Waals surface area contributed by atoms with Crippen molar-refractivity contribution in [3.8, 4) is 23.0 Å². The molecule has 1 atom stereocenters. The number of carbonyl (C=O) groups excluding carboxylic acids is 2. The monoisotopic (exact) mass is 572 g/mol. The highest BCUT2D eigenvalue weighted by Gasteiger charge is 2.59. The molecule has 206 valence electrons. The molecule has 1 aliphatic rings. The normalized spacial score (nSPS) is 16.5. The number of ether oxygens (including phenoxy) is 4. The van der Waals surface area contributed by atoms with Crippen molar-refractivity contribution in [1.82, 2.24) is 0 Å². The van der Waals surface area contributed by atoms with Crippen LogP contribution in [0.2, 0.25) is 10.0 Å². The SMILES string of the molecule is COc1cc(OC)c(NC(=O)C2(c3ccc(C(C)C)cc3)CC(=O)N2c2cc(Cl)c(OC)cc2OC)cc1Cl. The summed E-state index contributed by atoms with van der Waals surface area (Å²) in [4.78, 5) is 29.0. The second kappa shape index (κ2) is 11.2. The van der Waals surface area contributed by atoms with Crippen molar-refractivity contribution in [2.24, 2.45) is 0 Å². The van der Waals surface area contributed by atoms with E-state index in [0.717, 1.165) is 5.56 Å². The van der Waals surface area contributed by atoms with Crippen LogP contribution in [0.5, 0.6) is 23.0 Å². The van der Waals surface area contributed by atoms with E-state index in [1.807, 2.05) is 24.3 Å². The van der Waals surface area contributed by atoms with E-state index in [0.29, 0.717) is 39.9 Å². The fourth-order valence-electron chi connectivity index (χ4n) is 4.73. The van der Waals surface area contributed by atoms with Gasteiger partial charge in [0, 0.05) is 12.1 Å². The van der Waals surface area contributed by atoms with Crippen molar-refractivity contribution < 1.29 is 28.5 Å². The molecule has 0 aromatic heterocycles. The second-order valence-corrected chi connectivity index (χ2v) is 10.2. The fraction of sp³-hybridized carbons (Fsp3) is 0.310. The standard InChI is InChI=1S/C29H30Cl2N2O6/c1-16(2)17-7-9-18(10-8-17)29(28(35)32-21-11-19(30)23(36-3)13-25(21)38-5)15-27(34)33(29)22-12-20(31)24(37-4)14-26(22)39-6/h7-14,16H,15H2,1-6H3,(H,32,35). The molecule has 8 nitrogen and oxygen atoms in total. The van der Waals surface area contributed by atoms with Crippen molar-refractivity contribution in [3.05, 3.63) is 69.7 Å². The molecule has 1 fully saturated rings. The third kappa shape index (κ3) is 4.94. The van der Waals surface area contributed by atoms with Gasteiger partial charge < -0.3 is 24.3 Å². The number of hydrogen-bond acceptors (Lipinski definition) is 6. The Labute approximate surface area is 237 Å². The summed E-state index contributed by atoms with van der Waals surface area (Å²) >= 11 is 12.8. The minimum atomic E-state index is -1.42. The van der Waals surface area contributed by atoms with Crippen LogP contribution in [0.3, 0.4) is 0 Å². The van der Waals surface area contributed by atoms with Crippen molar-refractivity contribution in [2.75, 3.05) is 38.7 Å². The fourth-order valence-corrected chi connectivity index (χ4v) is 5.20.